The molecule has 0 unspecified atom stereocenters. The van der Waals surface area contributed by atoms with Gasteiger partial charge in [0.15, 0.2) is 0 Å². The van der Waals surface area contributed by atoms with E-state index in [4.69, 9.17) is 4.74 Å². The van der Waals surface area contributed by atoms with E-state index in [0.29, 0.717) is 12.0 Å². The monoisotopic (exact) mass is 598 g/mol. The molecule has 0 bridgehead atoms. The molecule has 2 aromatic rings. The third-order valence-corrected chi connectivity index (χ3v) is 6.63. The van der Waals surface area contributed by atoms with Crippen LogP contribution in [0.25, 0.3) is 0 Å². The van der Waals surface area contributed by atoms with Crippen molar-refractivity contribution < 1.29 is 33.1 Å². The van der Waals surface area contributed by atoms with Crippen LogP contribution in [0.15, 0.2) is 54.6 Å². The van der Waals surface area contributed by atoms with Crippen molar-refractivity contribution in [3.05, 3.63) is 71.5 Å². The molecule has 4 N–H and O–H groups in total. The minimum absolute atomic E-state index is 0.0383. The van der Waals surface area contributed by atoms with Crippen LogP contribution in [0, 0.1) is 11.7 Å². The highest BCUT2D eigenvalue weighted by molar-refractivity contribution is 6.38. The van der Waals surface area contributed by atoms with Gasteiger partial charge in [0, 0.05) is 6.42 Å². The molecule has 2 rings (SSSR count). The van der Waals surface area contributed by atoms with Crippen LogP contribution in [0.3, 0.4) is 0 Å². The van der Waals surface area contributed by atoms with Crippen molar-refractivity contribution in [3.63, 3.8) is 0 Å². The molecule has 0 radical (unpaired) electrons. The number of halogens is 1. The number of amides is 4. The number of ether oxygens (including phenoxy) is 1. The van der Waals surface area contributed by atoms with E-state index in [0.717, 1.165) is 5.56 Å². The summed E-state index contributed by atoms with van der Waals surface area (Å²) in [5.74, 6) is -3.85. The van der Waals surface area contributed by atoms with Crippen LogP contribution in [-0.4, -0.2) is 53.8 Å². The number of benzene rings is 2. The molecule has 0 aliphatic heterocycles. The zero-order chi connectivity index (χ0) is 32.1. The van der Waals surface area contributed by atoms with Crippen LogP contribution in [0.2, 0.25) is 0 Å². The van der Waals surface area contributed by atoms with Crippen LogP contribution in [-0.2, 0) is 30.3 Å². The molecule has 11 heteroatoms. The Morgan fingerprint density at radius 3 is 1.93 bits per heavy atom. The standard InChI is InChI=1S/C32H43FN4O6/c1-7-11-25(28(38)31(41)34-21(6)23-12-9-8-10-13-23)35-29(39)26(18-22-14-16-24(33)17-15-22)36-30(40)27(19(2)3)37-32(42)43-20(4)5/h8-10,12-17,19-21,25-27H,7,11,18H2,1-6H3,(H,34,41)(H,35,39)(H,36,40)(H,37,42)/t21-,25-,26-,27-/m0/s1. The Morgan fingerprint density at radius 1 is 0.767 bits per heavy atom. The lowest BCUT2D eigenvalue weighted by Crippen LogP contribution is -2.58. The highest BCUT2D eigenvalue weighted by atomic mass is 19.1. The highest BCUT2D eigenvalue weighted by Crippen LogP contribution is 2.13. The van der Waals surface area contributed by atoms with Gasteiger partial charge >= 0.3 is 6.09 Å². The van der Waals surface area contributed by atoms with Crippen LogP contribution >= 0.6 is 0 Å². The van der Waals surface area contributed by atoms with E-state index in [1.165, 1.54) is 24.3 Å². The van der Waals surface area contributed by atoms with Crippen LogP contribution in [0.5, 0.6) is 0 Å². The molecule has 0 spiro atoms. The molecule has 2 aromatic carbocycles. The minimum Gasteiger partial charge on any atom is -0.447 e. The van der Waals surface area contributed by atoms with Gasteiger partial charge in [-0.2, -0.15) is 0 Å². The minimum atomic E-state index is -1.21. The summed E-state index contributed by atoms with van der Waals surface area (Å²) in [7, 11) is 0. The number of ketones is 1. The smallest absolute Gasteiger partial charge is 0.408 e. The largest absolute Gasteiger partial charge is 0.447 e. The Kier molecular flexibility index (Phi) is 13.8. The highest BCUT2D eigenvalue weighted by Gasteiger charge is 2.33. The number of carbonyl (C=O) groups excluding carboxylic acids is 5. The van der Waals surface area contributed by atoms with Crippen molar-refractivity contribution in [2.24, 2.45) is 5.92 Å². The lowest BCUT2D eigenvalue weighted by molar-refractivity contribution is -0.141. The first-order valence-corrected chi connectivity index (χ1v) is 14.5. The molecule has 4 atom stereocenters. The summed E-state index contributed by atoms with van der Waals surface area (Å²) in [5.41, 5.74) is 1.36. The molecule has 10 nitrogen and oxygen atoms in total. The van der Waals surface area contributed by atoms with Crippen LogP contribution in [0.4, 0.5) is 9.18 Å². The zero-order valence-electron chi connectivity index (χ0n) is 25.6. The molecule has 43 heavy (non-hydrogen) atoms. The molecule has 0 aliphatic carbocycles. The summed E-state index contributed by atoms with van der Waals surface area (Å²) >= 11 is 0. The molecule has 234 valence electrons. The molecule has 4 amide bonds. The first-order chi connectivity index (χ1) is 20.3. The quantitative estimate of drug-likeness (QED) is 0.230. The fourth-order valence-corrected chi connectivity index (χ4v) is 4.32. The average molecular weight is 599 g/mol. The normalized spacial score (nSPS) is 13.8. The number of carbonyl (C=O) groups is 5. The number of rotatable bonds is 15. The number of hydrogen-bond acceptors (Lipinski definition) is 6. The van der Waals surface area contributed by atoms with Crippen molar-refractivity contribution >= 4 is 29.6 Å². The number of Topliss-reactive ketones (excluding diaryl/α,β-unsaturated/α-hetero) is 1. The molecule has 0 saturated heterocycles. The van der Waals surface area contributed by atoms with Gasteiger partial charge in [-0.25, -0.2) is 9.18 Å². The first kappa shape index (κ1) is 34.9. The van der Waals surface area contributed by atoms with Gasteiger partial charge in [-0.3, -0.25) is 19.2 Å². The molecule has 0 aliphatic rings. The van der Waals surface area contributed by atoms with E-state index in [1.807, 2.05) is 37.3 Å². The number of hydrogen-bond donors (Lipinski definition) is 4. The number of alkyl carbamates (subject to hydrolysis) is 1. The topological polar surface area (TPSA) is 143 Å². The lowest BCUT2D eigenvalue weighted by atomic mass is 10.00. The van der Waals surface area contributed by atoms with Crippen molar-refractivity contribution in [1.82, 2.24) is 21.3 Å². The summed E-state index contributed by atoms with van der Waals surface area (Å²) in [6, 6.07) is 10.7. The second-order valence-corrected chi connectivity index (χ2v) is 11.0. The maximum atomic E-state index is 13.6. The van der Waals surface area contributed by atoms with Gasteiger partial charge in [0.05, 0.1) is 18.2 Å². The van der Waals surface area contributed by atoms with E-state index in [1.54, 1.807) is 34.6 Å². The van der Waals surface area contributed by atoms with E-state index in [-0.39, 0.29) is 18.8 Å². The fraction of sp³-hybridized carbons (Fsp3) is 0.469. The summed E-state index contributed by atoms with van der Waals surface area (Å²) in [6.07, 6.45) is -0.554. The van der Waals surface area contributed by atoms with E-state index >= 15 is 0 Å². The predicted octanol–water partition coefficient (Wildman–Crippen LogP) is 3.74. The van der Waals surface area contributed by atoms with Crippen LogP contribution in [0.1, 0.15) is 71.6 Å². The molecule has 0 aromatic heterocycles. The molecule has 0 heterocycles. The SMILES string of the molecule is CCC[C@H](NC(=O)[C@H](Cc1ccc(F)cc1)NC(=O)[C@@H](NC(=O)OC(C)C)C(C)C)C(=O)C(=O)N[C@@H](C)c1ccccc1. The van der Waals surface area contributed by atoms with Crippen molar-refractivity contribution in [1.29, 1.82) is 0 Å². The summed E-state index contributed by atoms with van der Waals surface area (Å²) in [5, 5.41) is 10.5. The Labute approximate surface area is 252 Å². The Bertz CT molecular complexity index is 1240. The number of nitrogens with one attached hydrogen (secondary N) is 4. The fourth-order valence-electron chi connectivity index (χ4n) is 4.32. The molecular formula is C32H43FN4O6. The van der Waals surface area contributed by atoms with Crippen LogP contribution < -0.4 is 21.3 Å². The summed E-state index contributed by atoms with van der Waals surface area (Å²) < 4.78 is 18.6. The molecule has 0 saturated carbocycles. The van der Waals surface area contributed by atoms with Gasteiger partial charge in [-0.15, -0.1) is 0 Å². The second kappa shape index (κ2) is 17.0. The molecule has 0 fully saturated rings. The van der Waals surface area contributed by atoms with E-state index in [2.05, 4.69) is 21.3 Å². The van der Waals surface area contributed by atoms with Gasteiger partial charge in [-0.1, -0.05) is 69.7 Å². The Balaban J connectivity index is 2.24. The maximum absolute atomic E-state index is 13.6. The third-order valence-electron chi connectivity index (χ3n) is 6.63. The lowest BCUT2D eigenvalue weighted by Gasteiger charge is -2.27. The first-order valence-electron chi connectivity index (χ1n) is 14.5. The van der Waals surface area contributed by atoms with Gasteiger partial charge in [-0.05, 0) is 56.4 Å². The third kappa shape index (κ3) is 11.5. The van der Waals surface area contributed by atoms with Gasteiger partial charge in [0.2, 0.25) is 17.6 Å². The van der Waals surface area contributed by atoms with Gasteiger partial charge < -0.3 is 26.0 Å². The zero-order valence-corrected chi connectivity index (χ0v) is 25.6. The predicted molar refractivity (Wildman–Crippen MR) is 160 cm³/mol. The Morgan fingerprint density at radius 2 is 1.37 bits per heavy atom. The van der Waals surface area contributed by atoms with Crippen molar-refractivity contribution in [2.45, 2.75) is 91.1 Å². The average Bonchev–Trinajstić information content (AvgIpc) is 2.95. The van der Waals surface area contributed by atoms with E-state index < -0.39 is 65.7 Å². The van der Waals surface area contributed by atoms with Gasteiger partial charge in [0.1, 0.15) is 17.9 Å². The summed E-state index contributed by atoms with van der Waals surface area (Å²) in [6.45, 7) is 10.3. The van der Waals surface area contributed by atoms with Crippen molar-refractivity contribution in [2.75, 3.05) is 0 Å². The van der Waals surface area contributed by atoms with Gasteiger partial charge in [0.25, 0.3) is 5.91 Å². The second-order valence-electron chi connectivity index (χ2n) is 11.0. The maximum Gasteiger partial charge on any atom is 0.408 e. The Hall–Kier alpha value is -4.28. The van der Waals surface area contributed by atoms with Crippen molar-refractivity contribution in [3.8, 4) is 0 Å². The molecular weight excluding hydrogens is 555 g/mol. The van der Waals surface area contributed by atoms with E-state index in [9.17, 15) is 28.4 Å². The summed E-state index contributed by atoms with van der Waals surface area (Å²) in [4.78, 5) is 65.2.